The second-order valence-electron chi connectivity index (χ2n) is 10.2. The van der Waals surface area contributed by atoms with Crippen LogP contribution in [-0.2, 0) is 30.3 Å². The number of aliphatic hydroxyl groups excluding tert-OH is 2. The lowest BCUT2D eigenvalue weighted by Gasteiger charge is -2.36. The molecule has 210 valence electrons. The Morgan fingerprint density at radius 1 is 1.05 bits per heavy atom. The Kier molecular flexibility index (Phi) is 9.16. The number of aromatic hydroxyl groups is 1. The maximum Gasteiger partial charge on any atom is 0.348 e. The summed E-state index contributed by atoms with van der Waals surface area (Å²) in [5.74, 6) is -3.83. The molecule has 2 aliphatic rings. The van der Waals surface area contributed by atoms with Gasteiger partial charge in [-0.15, -0.1) is 0 Å². The first-order valence-electron chi connectivity index (χ1n) is 13.2. The Labute approximate surface area is 226 Å². The van der Waals surface area contributed by atoms with Crippen molar-refractivity contribution in [2.24, 2.45) is 11.8 Å². The number of aliphatic hydroxyl groups is 2. The van der Waals surface area contributed by atoms with Gasteiger partial charge in [-0.2, -0.15) is 0 Å². The summed E-state index contributed by atoms with van der Waals surface area (Å²) in [7, 11) is 0. The van der Waals surface area contributed by atoms with Crippen LogP contribution in [0.15, 0.2) is 48.7 Å². The third-order valence-corrected chi connectivity index (χ3v) is 7.44. The highest BCUT2D eigenvalue weighted by Crippen LogP contribution is 2.33. The molecule has 0 bridgehead atoms. The number of aromatic nitrogens is 1. The Morgan fingerprint density at radius 2 is 1.77 bits per heavy atom. The van der Waals surface area contributed by atoms with Crippen LogP contribution in [0.4, 0.5) is 0 Å². The van der Waals surface area contributed by atoms with E-state index in [2.05, 4.69) is 15.6 Å². The van der Waals surface area contributed by atoms with Crippen molar-refractivity contribution in [3.63, 3.8) is 0 Å². The highest BCUT2D eigenvalue weighted by Gasteiger charge is 2.43. The van der Waals surface area contributed by atoms with Crippen LogP contribution in [0.3, 0.4) is 0 Å². The van der Waals surface area contributed by atoms with Crippen LogP contribution in [0, 0.1) is 11.8 Å². The summed E-state index contributed by atoms with van der Waals surface area (Å²) in [6, 6.07) is 9.73. The summed E-state index contributed by atoms with van der Waals surface area (Å²) in [5, 5.41) is 37.6. The Hall–Kier alpha value is -3.54. The summed E-state index contributed by atoms with van der Waals surface area (Å²) in [6.07, 6.45) is -1.45. The number of hydrogen-bond donors (Lipinski definition) is 5. The molecule has 11 nitrogen and oxygen atoms in total. The predicted molar refractivity (Wildman–Crippen MR) is 138 cm³/mol. The molecule has 1 aliphatic heterocycles. The third kappa shape index (κ3) is 6.73. The van der Waals surface area contributed by atoms with E-state index in [1.165, 1.54) is 32.2 Å². The molecule has 2 unspecified atom stereocenters. The first-order valence-corrected chi connectivity index (χ1v) is 13.2. The smallest absolute Gasteiger partial charge is 0.348 e. The van der Waals surface area contributed by atoms with E-state index >= 15 is 0 Å². The second-order valence-corrected chi connectivity index (χ2v) is 10.2. The molecule has 5 N–H and O–H groups in total. The third-order valence-electron chi connectivity index (χ3n) is 7.44. The minimum Gasteiger partial charge on any atom is -0.506 e. The average molecular weight is 542 g/mol. The number of hydrogen-bond acceptors (Lipinski definition) is 10. The molecule has 0 spiro atoms. The molecule has 1 aromatic heterocycles. The fraction of sp³-hybridized carbons (Fsp3) is 0.500. The molecule has 2 heterocycles. The monoisotopic (exact) mass is 541 g/mol. The SMILES string of the molecule is C[C@H]1OC(=O)C(C2CCC2)OC(=O)[C@H](C)[C@H](O)[C@H](Cc2ccccc2)NC(=O)[C@H]1NC(O)c1ncccc1O. The van der Waals surface area contributed by atoms with Crippen molar-refractivity contribution in [2.45, 2.75) is 76.2 Å². The molecule has 4 rings (SSSR count). The van der Waals surface area contributed by atoms with Crippen molar-refractivity contribution in [2.75, 3.05) is 0 Å². The Bertz CT molecular complexity index is 1160. The minimum atomic E-state index is -1.59. The summed E-state index contributed by atoms with van der Waals surface area (Å²) in [6.45, 7) is 2.95. The number of carbonyl (C=O) groups excluding carboxylic acids is 3. The van der Waals surface area contributed by atoms with E-state index in [1.54, 1.807) is 0 Å². The summed E-state index contributed by atoms with van der Waals surface area (Å²) >= 11 is 0. The van der Waals surface area contributed by atoms with Crippen LogP contribution in [0.5, 0.6) is 5.75 Å². The summed E-state index contributed by atoms with van der Waals surface area (Å²) < 4.78 is 11.2. The lowest BCUT2D eigenvalue weighted by Crippen LogP contribution is -2.59. The predicted octanol–water partition coefficient (Wildman–Crippen LogP) is 1.12. The van der Waals surface area contributed by atoms with Crippen molar-refractivity contribution in [3.8, 4) is 5.75 Å². The number of esters is 2. The number of rotatable bonds is 6. The fourth-order valence-corrected chi connectivity index (χ4v) is 4.81. The van der Waals surface area contributed by atoms with Crippen molar-refractivity contribution < 1.29 is 39.2 Å². The molecule has 1 aliphatic carbocycles. The van der Waals surface area contributed by atoms with E-state index in [-0.39, 0.29) is 23.8 Å². The van der Waals surface area contributed by atoms with Crippen LogP contribution in [0.1, 0.15) is 50.6 Å². The van der Waals surface area contributed by atoms with Crippen LogP contribution in [0.2, 0.25) is 0 Å². The average Bonchev–Trinajstić information content (AvgIpc) is 2.89. The van der Waals surface area contributed by atoms with Gasteiger partial charge in [0.25, 0.3) is 0 Å². The second kappa shape index (κ2) is 12.5. The fourth-order valence-electron chi connectivity index (χ4n) is 4.81. The van der Waals surface area contributed by atoms with E-state index in [0.29, 0.717) is 12.8 Å². The molecule has 7 atom stereocenters. The van der Waals surface area contributed by atoms with Gasteiger partial charge in [0, 0.05) is 12.1 Å². The molecule has 1 saturated heterocycles. The normalized spacial score (nSPS) is 29.6. The number of ether oxygens (including phenoxy) is 2. The topological polar surface area (TPSA) is 167 Å². The Balaban J connectivity index is 1.67. The molecule has 2 aromatic rings. The number of nitrogens with zero attached hydrogens (tertiary/aromatic N) is 1. The molecule has 1 saturated carbocycles. The maximum atomic E-state index is 13.6. The van der Waals surface area contributed by atoms with Crippen molar-refractivity contribution in [1.29, 1.82) is 0 Å². The largest absolute Gasteiger partial charge is 0.506 e. The van der Waals surface area contributed by atoms with Crippen molar-refractivity contribution >= 4 is 17.8 Å². The van der Waals surface area contributed by atoms with E-state index in [9.17, 15) is 29.7 Å². The number of pyridine rings is 1. The lowest BCUT2D eigenvalue weighted by molar-refractivity contribution is -0.183. The van der Waals surface area contributed by atoms with Crippen molar-refractivity contribution in [1.82, 2.24) is 15.6 Å². The van der Waals surface area contributed by atoms with Gasteiger partial charge < -0.3 is 30.1 Å². The van der Waals surface area contributed by atoms with Gasteiger partial charge in [-0.05, 0) is 50.8 Å². The molecular formula is C28H35N3O8. The molecular weight excluding hydrogens is 506 g/mol. The van der Waals surface area contributed by atoms with Crippen LogP contribution >= 0.6 is 0 Å². The van der Waals surface area contributed by atoms with Gasteiger partial charge in [0.05, 0.1) is 18.1 Å². The van der Waals surface area contributed by atoms with Crippen LogP contribution in [-0.4, -0.2) is 68.5 Å². The van der Waals surface area contributed by atoms with E-state index < -0.39 is 60.4 Å². The number of amides is 1. The standard InChI is InChI=1S/C28H35N3O8/c1-15-23(33)19(14-17-8-4-3-5-9-17)30-25(34)21(31-26(35)22-20(32)12-7-13-29-22)16(2)38-28(37)24(39-27(15)36)18-10-6-11-18/h3-5,7-9,12-13,15-16,18-19,21,23-24,26,31-33,35H,6,10-11,14H2,1-2H3,(H,30,34)/t15-,16-,19+,21+,23+,24?,26?/m1/s1. The molecule has 1 aromatic carbocycles. The van der Waals surface area contributed by atoms with Crippen molar-refractivity contribution in [3.05, 3.63) is 59.9 Å². The molecule has 39 heavy (non-hydrogen) atoms. The van der Waals surface area contributed by atoms with Crippen LogP contribution < -0.4 is 10.6 Å². The lowest BCUT2D eigenvalue weighted by atomic mass is 9.81. The molecule has 0 radical (unpaired) electrons. The van der Waals surface area contributed by atoms with E-state index in [0.717, 1.165) is 12.0 Å². The number of cyclic esters (lactones) is 2. The first kappa shape index (κ1) is 28.5. The van der Waals surface area contributed by atoms with Gasteiger partial charge >= 0.3 is 11.9 Å². The molecule has 11 heteroatoms. The number of benzene rings is 1. The zero-order valence-electron chi connectivity index (χ0n) is 21.9. The first-order chi connectivity index (χ1) is 18.7. The number of carbonyl (C=O) groups is 3. The summed E-state index contributed by atoms with van der Waals surface area (Å²) in [4.78, 5) is 43.8. The maximum absolute atomic E-state index is 13.6. The van der Waals surface area contributed by atoms with Gasteiger partial charge in [0.2, 0.25) is 12.0 Å². The highest BCUT2D eigenvalue weighted by molar-refractivity contribution is 5.85. The van der Waals surface area contributed by atoms with E-state index in [4.69, 9.17) is 9.47 Å². The minimum absolute atomic E-state index is 0.120. The van der Waals surface area contributed by atoms with Gasteiger partial charge in [0.15, 0.2) is 6.23 Å². The molecule has 2 fully saturated rings. The van der Waals surface area contributed by atoms with Crippen LogP contribution in [0.25, 0.3) is 0 Å². The summed E-state index contributed by atoms with van der Waals surface area (Å²) in [5.41, 5.74) is 0.690. The number of nitrogens with one attached hydrogen (secondary N) is 2. The quantitative estimate of drug-likeness (QED) is 0.264. The highest BCUT2D eigenvalue weighted by atomic mass is 16.6. The van der Waals surface area contributed by atoms with Gasteiger partial charge in [-0.25, -0.2) is 4.79 Å². The molecule has 1 amide bonds. The zero-order chi connectivity index (χ0) is 28.1. The Morgan fingerprint density at radius 3 is 2.41 bits per heavy atom. The zero-order valence-corrected chi connectivity index (χ0v) is 21.9. The van der Waals surface area contributed by atoms with Gasteiger partial charge in [-0.1, -0.05) is 36.8 Å². The van der Waals surface area contributed by atoms with Gasteiger partial charge in [0.1, 0.15) is 23.6 Å². The van der Waals surface area contributed by atoms with Gasteiger partial charge in [-0.3, -0.25) is 19.9 Å². The van der Waals surface area contributed by atoms with E-state index in [1.807, 2.05) is 30.3 Å².